The minimum absolute atomic E-state index is 0.0138. The molecule has 0 spiro atoms. The molecule has 0 amide bonds. The maximum Gasteiger partial charge on any atom is 0.171 e. The Morgan fingerprint density at radius 3 is 2.47 bits per heavy atom. The van der Waals surface area contributed by atoms with Gasteiger partial charge in [0.25, 0.3) is 0 Å². The second-order valence-corrected chi connectivity index (χ2v) is 4.88. The number of ketones is 1. The molecule has 0 saturated carbocycles. The highest BCUT2D eigenvalue weighted by molar-refractivity contribution is 6.24. The van der Waals surface area contributed by atoms with Crippen molar-refractivity contribution in [2.24, 2.45) is 10.9 Å². The van der Waals surface area contributed by atoms with Crippen molar-refractivity contribution < 1.29 is 9.90 Å². The highest BCUT2D eigenvalue weighted by Gasteiger charge is 2.27. The smallest absolute Gasteiger partial charge is 0.171 e. The van der Waals surface area contributed by atoms with Gasteiger partial charge in [-0.25, -0.2) is 4.99 Å². The molecule has 1 aliphatic rings. The van der Waals surface area contributed by atoms with Gasteiger partial charge in [0, 0.05) is 5.92 Å². The number of hydrogen-bond acceptors (Lipinski definition) is 3. The van der Waals surface area contributed by atoms with E-state index < -0.39 is 0 Å². The zero-order valence-corrected chi connectivity index (χ0v) is 11.3. The Hall–Kier alpha value is -2.16. The van der Waals surface area contributed by atoms with Gasteiger partial charge in [0.2, 0.25) is 0 Å². The average molecular weight is 255 g/mol. The first-order valence-corrected chi connectivity index (χ1v) is 6.31. The number of benzene rings is 1. The van der Waals surface area contributed by atoms with Gasteiger partial charge in [-0.05, 0) is 18.6 Å². The molecule has 0 atom stereocenters. The van der Waals surface area contributed by atoms with Gasteiger partial charge in [0.15, 0.2) is 11.5 Å². The predicted octanol–water partition coefficient (Wildman–Crippen LogP) is 3.54. The van der Waals surface area contributed by atoms with Crippen LogP contribution in [0.15, 0.2) is 52.4 Å². The highest BCUT2D eigenvalue weighted by Crippen LogP contribution is 2.27. The molecular formula is C16H17NO2. The quantitative estimate of drug-likeness (QED) is 0.898. The summed E-state index contributed by atoms with van der Waals surface area (Å²) < 4.78 is 0. The fraction of sp³-hybridized carbons (Fsp3) is 0.250. The van der Waals surface area contributed by atoms with Gasteiger partial charge < -0.3 is 5.11 Å². The molecule has 98 valence electrons. The molecule has 1 aliphatic heterocycles. The van der Waals surface area contributed by atoms with E-state index in [1.54, 1.807) is 13.0 Å². The van der Waals surface area contributed by atoms with Crippen LogP contribution in [0.4, 0.5) is 0 Å². The molecule has 1 heterocycles. The molecule has 3 nitrogen and oxygen atoms in total. The van der Waals surface area contributed by atoms with Gasteiger partial charge in [-0.15, -0.1) is 0 Å². The van der Waals surface area contributed by atoms with Crippen LogP contribution in [0, 0.1) is 5.92 Å². The molecule has 0 aromatic heterocycles. The number of aliphatic hydroxyl groups is 1. The van der Waals surface area contributed by atoms with Crippen LogP contribution in [0.5, 0.6) is 0 Å². The van der Waals surface area contributed by atoms with E-state index in [0.29, 0.717) is 17.0 Å². The summed E-state index contributed by atoms with van der Waals surface area (Å²) >= 11 is 0. The van der Waals surface area contributed by atoms with Crippen molar-refractivity contribution in [3.63, 3.8) is 0 Å². The lowest BCUT2D eigenvalue weighted by Crippen LogP contribution is -2.15. The summed E-state index contributed by atoms with van der Waals surface area (Å²) in [7, 11) is 0. The topological polar surface area (TPSA) is 49.7 Å². The number of aliphatic hydroxyl groups excluding tert-OH is 1. The van der Waals surface area contributed by atoms with Crippen molar-refractivity contribution in [1.82, 2.24) is 0 Å². The van der Waals surface area contributed by atoms with E-state index in [0.717, 1.165) is 5.56 Å². The SMILES string of the molecule is CC1=N/C(=C/c2ccccc2)C(O)=C1C(=O)C(C)C. The van der Waals surface area contributed by atoms with Crippen LogP contribution in [0.3, 0.4) is 0 Å². The Kier molecular flexibility index (Phi) is 3.65. The summed E-state index contributed by atoms with van der Waals surface area (Å²) in [6.07, 6.45) is 1.78. The number of Topliss-reactive ketones (excluding diaryl/α,β-unsaturated/α-hetero) is 1. The Morgan fingerprint density at radius 2 is 1.89 bits per heavy atom. The lowest BCUT2D eigenvalue weighted by Gasteiger charge is -2.05. The number of carbonyl (C=O) groups is 1. The number of rotatable bonds is 3. The summed E-state index contributed by atoms with van der Waals surface area (Å²) in [6.45, 7) is 5.38. The van der Waals surface area contributed by atoms with Gasteiger partial charge >= 0.3 is 0 Å². The third-order valence-corrected chi connectivity index (χ3v) is 3.00. The second-order valence-electron chi connectivity index (χ2n) is 4.88. The molecular weight excluding hydrogens is 238 g/mol. The van der Waals surface area contributed by atoms with Crippen LogP contribution in [-0.4, -0.2) is 16.6 Å². The van der Waals surface area contributed by atoms with E-state index in [-0.39, 0.29) is 17.5 Å². The zero-order valence-electron chi connectivity index (χ0n) is 11.3. The van der Waals surface area contributed by atoms with Crippen molar-refractivity contribution in [2.75, 3.05) is 0 Å². The van der Waals surface area contributed by atoms with E-state index >= 15 is 0 Å². The van der Waals surface area contributed by atoms with E-state index in [1.165, 1.54) is 0 Å². The van der Waals surface area contributed by atoms with E-state index in [1.807, 2.05) is 44.2 Å². The molecule has 1 N–H and O–H groups in total. The minimum atomic E-state index is -0.154. The zero-order chi connectivity index (χ0) is 14.0. The maximum absolute atomic E-state index is 12.0. The number of carbonyl (C=O) groups excluding carboxylic acids is 1. The van der Waals surface area contributed by atoms with Crippen LogP contribution in [0.1, 0.15) is 26.3 Å². The summed E-state index contributed by atoms with van der Waals surface area (Å²) in [6, 6.07) is 9.60. The Labute approximate surface area is 113 Å². The number of aliphatic imine (C=N–C) groups is 1. The second kappa shape index (κ2) is 5.22. The third-order valence-electron chi connectivity index (χ3n) is 3.00. The molecule has 0 bridgehead atoms. The first-order valence-electron chi connectivity index (χ1n) is 6.31. The standard InChI is InChI=1S/C16H17NO2/c1-10(2)15(18)14-11(3)17-13(16(14)19)9-12-7-5-4-6-8-12/h4-10,19H,1-3H3/b13-9+. The van der Waals surface area contributed by atoms with Gasteiger partial charge in [-0.3, -0.25) is 4.79 Å². The van der Waals surface area contributed by atoms with Crippen LogP contribution >= 0.6 is 0 Å². The van der Waals surface area contributed by atoms with Crippen LogP contribution in [-0.2, 0) is 4.79 Å². The van der Waals surface area contributed by atoms with Crippen molar-refractivity contribution in [2.45, 2.75) is 20.8 Å². The first-order chi connectivity index (χ1) is 9.00. The molecule has 0 aliphatic carbocycles. The molecule has 19 heavy (non-hydrogen) atoms. The molecule has 1 aromatic rings. The summed E-state index contributed by atoms with van der Waals surface area (Å²) in [5, 5.41) is 10.2. The Morgan fingerprint density at radius 1 is 1.26 bits per heavy atom. The Bertz CT molecular complexity index is 592. The van der Waals surface area contributed by atoms with Gasteiger partial charge in [0.1, 0.15) is 5.70 Å². The van der Waals surface area contributed by atoms with Crippen LogP contribution in [0.25, 0.3) is 6.08 Å². The van der Waals surface area contributed by atoms with Crippen molar-refractivity contribution in [1.29, 1.82) is 0 Å². The lowest BCUT2D eigenvalue weighted by molar-refractivity contribution is -0.117. The third kappa shape index (κ3) is 2.65. The van der Waals surface area contributed by atoms with Gasteiger partial charge in [0.05, 0.1) is 11.3 Å². The fourth-order valence-corrected chi connectivity index (χ4v) is 1.98. The first kappa shape index (κ1) is 13.3. The van der Waals surface area contributed by atoms with Crippen molar-refractivity contribution in [3.8, 4) is 0 Å². The minimum Gasteiger partial charge on any atom is -0.505 e. The van der Waals surface area contributed by atoms with Crippen molar-refractivity contribution in [3.05, 3.63) is 52.9 Å². The number of hydrogen-bond donors (Lipinski definition) is 1. The van der Waals surface area contributed by atoms with E-state index in [4.69, 9.17) is 0 Å². The number of nitrogens with zero attached hydrogens (tertiary/aromatic N) is 1. The van der Waals surface area contributed by atoms with E-state index in [9.17, 15) is 9.90 Å². The molecule has 1 aromatic carbocycles. The summed E-state index contributed by atoms with van der Waals surface area (Å²) in [5.41, 5.74) is 2.32. The normalized spacial score (nSPS) is 17.3. The highest BCUT2D eigenvalue weighted by atomic mass is 16.3. The predicted molar refractivity (Wildman–Crippen MR) is 77.0 cm³/mol. The summed E-state index contributed by atoms with van der Waals surface area (Å²) in [4.78, 5) is 16.3. The molecule has 0 radical (unpaired) electrons. The van der Waals surface area contributed by atoms with Gasteiger partial charge in [-0.2, -0.15) is 0 Å². The Balaban J connectivity index is 2.42. The summed E-state index contributed by atoms with van der Waals surface area (Å²) in [5.74, 6) is -0.242. The molecule has 0 saturated heterocycles. The molecule has 3 heteroatoms. The fourth-order valence-electron chi connectivity index (χ4n) is 1.98. The van der Waals surface area contributed by atoms with Crippen LogP contribution < -0.4 is 0 Å². The van der Waals surface area contributed by atoms with Crippen molar-refractivity contribution >= 4 is 17.6 Å². The average Bonchev–Trinajstić information content (AvgIpc) is 2.65. The largest absolute Gasteiger partial charge is 0.505 e. The lowest BCUT2D eigenvalue weighted by atomic mass is 9.97. The number of allylic oxidation sites excluding steroid dienone is 1. The van der Waals surface area contributed by atoms with E-state index in [2.05, 4.69) is 4.99 Å². The molecule has 0 fully saturated rings. The molecule has 0 unspecified atom stereocenters. The molecule has 2 rings (SSSR count). The van der Waals surface area contributed by atoms with Crippen LogP contribution in [0.2, 0.25) is 0 Å². The maximum atomic E-state index is 12.0. The monoisotopic (exact) mass is 255 g/mol. The van der Waals surface area contributed by atoms with Gasteiger partial charge in [-0.1, -0.05) is 44.2 Å².